The van der Waals surface area contributed by atoms with E-state index in [1.807, 2.05) is 41.3 Å². The highest BCUT2D eigenvalue weighted by atomic mass is 32.1. The number of thiazole rings is 1. The summed E-state index contributed by atoms with van der Waals surface area (Å²) in [5, 5.41) is 2.17. The van der Waals surface area contributed by atoms with Gasteiger partial charge in [-0.05, 0) is 24.5 Å². The first-order valence-electron chi connectivity index (χ1n) is 12.5. The third-order valence-corrected chi connectivity index (χ3v) is 7.59. The molecular formula is C31H31N3OS. The van der Waals surface area contributed by atoms with E-state index in [0.717, 1.165) is 40.2 Å². The molecule has 3 aromatic carbocycles. The van der Waals surface area contributed by atoms with Crippen molar-refractivity contribution in [3.63, 3.8) is 0 Å². The van der Waals surface area contributed by atoms with Crippen molar-refractivity contribution in [3.05, 3.63) is 119 Å². The lowest BCUT2D eigenvalue weighted by Gasteiger charge is -2.27. The number of fused-ring (bicyclic) bond motifs is 1. The van der Waals surface area contributed by atoms with E-state index in [9.17, 15) is 4.79 Å². The summed E-state index contributed by atoms with van der Waals surface area (Å²) in [5.74, 6) is 0.0452. The number of carbonyl (C=O) groups excluding carboxylic acids is 1. The summed E-state index contributed by atoms with van der Waals surface area (Å²) in [6, 6.07) is 28.9. The van der Waals surface area contributed by atoms with E-state index in [4.69, 9.17) is 4.98 Å². The lowest BCUT2D eigenvalue weighted by Crippen LogP contribution is -2.36. The molecule has 5 aromatic rings. The summed E-state index contributed by atoms with van der Waals surface area (Å²) in [5.41, 5.74) is 6.75. The number of aryl methyl sites for hydroxylation is 1. The van der Waals surface area contributed by atoms with Crippen LogP contribution in [-0.2, 0) is 17.8 Å². The van der Waals surface area contributed by atoms with Crippen LogP contribution in [0.3, 0.4) is 0 Å². The summed E-state index contributed by atoms with van der Waals surface area (Å²) >= 11 is 1.65. The number of hydrogen-bond acceptors (Lipinski definition) is 3. The highest BCUT2D eigenvalue weighted by molar-refractivity contribution is 7.15. The largest absolute Gasteiger partial charge is 0.337 e. The van der Waals surface area contributed by atoms with Crippen molar-refractivity contribution in [2.45, 2.75) is 39.2 Å². The molecule has 1 atom stereocenters. The highest BCUT2D eigenvalue weighted by Crippen LogP contribution is 2.26. The molecule has 5 heteroatoms. The lowest BCUT2D eigenvalue weighted by molar-refractivity contribution is -0.133. The molecular weight excluding hydrogens is 462 g/mol. The van der Waals surface area contributed by atoms with Crippen LogP contribution in [0.2, 0.25) is 0 Å². The molecule has 182 valence electrons. The zero-order valence-corrected chi connectivity index (χ0v) is 21.6. The molecule has 0 saturated heterocycles. The molecule has 1 amide bonds. The fraction of sp³-hybridized carbons (Fsp3) is 0.226. The lowest BCUT2D eigenvalue weighted by atomic mass is 9.94. The molecule has 5 rings (SSSR count). The summed E-state index contributed by atoms with van der Waals surface area (Å²) in [4.78, 5) is 21.7. The van der Waals surface area contributed by atoms with Gasteiger partial charge in [0, 0.05) is 42.3 Å². The van der Waals surface area contributed by atoms with Gasteiger partial charge in [-0.15, -0.1) is 11.3 Å². The standard InChI is InChI=1S/C31H31N3OS/c1-3-28(25-12-8-5-9-13-25)30(35)33(20-24-10-6-4-7-11-24)19-18-27-22-36-31-32-29(21-34(27)31)26-16-14-23(2)15-17-26/h4-17,21-22,28H,3,18-20H2,1-2H3. The number of hydrogen-bond donors (Lipinski definition) is 0. The Balaban J connectivity index is 1.39. The second kappa shape index (κ2) is 10.9. The number of carbonyl (C=O) groups is 1. The first-order chi connectivity index (χ1) is 17.6. The van der Waals surface area contributed by atoms with Crippen molar-refractivity contribution < 1.29 is 4.79 Å². The molecule has 4 nitrogen and oxygen atoms in total. The first-order valence-corrected chi connectivity index (χ1v) is 13.4. The average molecular weight is 494 g/mol. The van der Waals surface area contributed by atoms with Gasteiger partial charge in [-0.25, -0.2) is 4.98 Å². The topological polar surface area (TPSA) is 37.6 Å². The third kappa shape index (κ3) is 5.26. The maximum absolute atomic E-state index is 13.8. The summed E-state index contributed by atoms with van der Waals surface area (Å²) in [6.45, 7) is 5.45. The Morgan fingerprint density at radius 1 is 0.972 bits per heavy atom. The maximum atomic E-state index is 13.8. The second-order valence-electron chi connectivity index (χ2n) is 9.24. The maximum Gasteiger partial charge on any atom is 0.230 e. The van der Waals surface area contributed by atoms with E-state index in [0.29, 0.717) is 13.1 Å². The Labute approximate surface area is 216 Å². The van der Waals surface area contributed by atoms with Crippen molar-refractivity contribution in [1.82, 2.24) is 14.3 Å². The van der Waals surface area contributed by atoms with Crippen molar-refractivity contribution >= 4 is 22.2 Å². The van der Waals surface area contributed by atoms with E-state index in [1.165, 1.54) is 11.3 Å². The van der Waals surface area contributed by atoms with Crippen molar-refractivity contribution in [3.8, 4) is 11.3 Å². The summed E-state index contributed by atoms with van der Waals surface area (Å²) in [6.07, 6.45) is 3.67. The number of nitrogens with zero attached hydrogens (tertiary/aromatic N) is 3. The zero-order valence-electron chi connectivity index (χ0n) is 20.8. The summed E-state index contributed by atoms with van der Waals surface area (Å²) in [7, 11) is 0. The molecule has 0 aliphatic rings. The van der Waals surface area contributed by atoms with Gasteiger partial charge in [0.05, 0.1) is 11.6 Å². The van der Waals surface area contributed by atoms with Crippen molar-refractivity contribution in [2.75, 3.05) is 6.54 Å². The summed E-state index contributed by atoms with van der Waals surface area (Å²) < 4.78 is 2.18. The molecule has 2 aromatic heterocycles. The Kier molecular flexibility index (Phi) is 7.28. The van der Waals surface area contributed by atoms with Crippen LogP contribution in [0.1, 0.15) is 41.6 Å². The first kappa shape index (κ1) is 24.0. The third-order valence-electron chi connectivity index (χ3n) is 6.70. The molecule has 0 N–H and O–H groups in total. The van der Waals surface area contributed by atoms with Crippen LogP contribution in [0, 0.1) is 6.92 Å². The smallest absolute Gasteiger partial charge is 0.230 e. The Morgan fingerprint density at radius 3 is 2.36 bits per heavy atom. The molecule has 0 aliphatic carbocycles. The van der Waals surface area contributed by atoms with Gasteiger partial charge in [-0.2, -0.15) is 0 Å². The van der Waals surface area contributed by atoms with Crippen LogP contribution in [-0.4, -0.2) is 26.7 Å². The van der Waals surface area contributed by atoms with E-state index in [-0.39, 0.29) is 11.8 Å². The fourth-order valence-electron chi connectivity index (χ4n) is 4.65. The van der Waals surface area contributed by atoms with Gasteiger partial charge >= 0.3 is 0 Å². The highest BCUT2D eigenvalue weighted by Gasteiger charge is 2.25. The predicted molar refractivity (Wildman–Crippen MR) is 148 cm³/mol. The van der Waals surface area contributed by atoms with Crippen LogP contribution in [0.15, 0.2) is 96.5 Å². The molecule has 1 unspecified atom stereocenters. The number of amides is 1. The second-order valence-corrected chi connectivity index (χ2v) is 10.1. The van der Waals surface area contributed by atoms with E-state index < -0.39 is 0 Å². The molecule has 0 radical (unpaired) electrons. The van der Waals surface area contributed by atoms with Gasteiger partial charge in [0.2, 0.25) is 5.91 Å². The molecule has 0 fully saturated rings. The Hall–Kier alpha value is -3.70. The zero-order chi connectivity index (χ0) is 24.9. The molecule has 36 heavy (non-hydrogen) atoms. The van der Waals surface area contributed by atoms with Gasteiger partial charge < -0.3 is 4.90 Å². The number of benzene rings is 3. The molecule has 0 spiro atoms. The van der Waals surface area contributed by atoms with Gasteiger partial charge in [0.25, 0.3) is 0 Å². The average Bonchev–Trinajstić information content (AvgIpc) is 3.50. The number of imidazole rings is 1. The van der Waals surface area contributed by atoms with E-state index in [2.05, 4.69) is 78.4 Å². The van der Waals surface area contributed by atoms with E-state index in [1.54, 1.807) is 11.3 Å². The van der Waals surface area contributed by atoms with Crippen LogP contribution < -0.4 is 0 Å². The van der Waals surface area contributed by atoms with Crippen LogP contribution in [0.25, 0.3) is 16.2 Å². The van der Waals surface area contributed by atoms with E-state index >= 15 is 0 Å². The Bertz CT molecular complexity index is 1420. The molecule has 0 aliphatic heterocycles. The minimum Gasteiger partial charge on any atom is -0.337 e. The minimum absolute atomic E-state index is 0.140. The molecule has 2 heterocycles. The van der Waals surface area contributed by atoms with Crippen LogP contribution >= 0.6 is 11.3 Å². The van der Waals surface area contributed by atoms with Crippen molar-refractivity contribution in [2.24, 2.45) is 0 Å². The van der Waals surface area contributed by atoms with Gasteiger partial charge in [-0.1, -0.05) is 97.4 Å². The van der Waals surface area contributed by atoms with Crippen LogP contribution in [0.5, 0.6) is 0 Å². The quantitative estimate of drug-likeness (QED) is 0.219. The Morgan fingerprint density at radius 2 is 1.67 bits per heavy atom. The predicted octanol–water partition coefficient (Wildman–Crippen LogP) is 7.14. The monoisotopic (exact) mass is 493 g/mol. The fourth-order valence-corrected chi connectivity index (χ4v) is 5.56. The van der Waals surface area contributed by atoms with Gasteiger partial charge in [-0.3, -0.25) is 9.20 Å². The van der Waals surface area contributed by atoms with Crippen molar-refractivity contribution in [1.29, 1.82) is 0 Å². The van der Waals surface area contributed by atoms with Gasteiger partial charge in [0.15, 0.2) is 4.96 Å². The number of rotatable bonds is 9. The van der Waals surface area contributed by atoms with Crippen LogP contribution in [0.4, 0.5) is 0 Å². The SMILES string of the molecule is CCC(C(=O)N(CCc1csc2nc(-c3ccc(C)cc3)cn12)Cc1ccccc1)c1ccccc1. The number of aromatic nitrogens is 2. The molecule has 0 bridgehead atoms. The molecule has 0 saturated carbocycles. The minimum atomic E-state index is -0.140. The van der Waals surface area contributed by atoms with Gasteiger partial charge in [0.1, 0.15) is 0 Å². The normalized spacial score (nSPS) is 12.1.